The number of nitrogens with one attached hydrogen (secondary N) is 1. The summed E-state index contributed by atoms with van der Waals surface area (Å²) in [6.07, 6.45) is 5.25. The Kier molecular flexibility index (Phi) is 9.86. The highest BCUT2D eigenvalue weighted by molar-refractivity contribution is 7.89. The number of carbonyl (C=O) groups is 2. The van der Waals surface area contributed by atoms with Crippen LogP contribution in [0.4, 0.5) is 0 Å². The number of benzene rings is 2. The Morgan fingerprint density at radius 3 is 2.20 bits per heavy atom. The Morgan fingerprint density at radius 1 is 1.00 bits per heavy atom. The van der Waals surface area contributed by atoms with Gasteiger partial charge < -0.3 is 10.2 Å². The van der Waals surface area contributed by atoms with Gasteiger partial charge in [-0.1, -0.05) is 68.3 Å². The second kappa shape index (κ2) is 12.8. The molecule has 2 amide bonds. The molecule has 7 nitrogen and oxygen atoms in total. The lowest BCUT2D eigenvalue weighted by molar-refractivity contribution is -0.141. The lowest BCUT2D eigenvalue weighted by atomic mass is 10.1. The van der Waals surface area contributed by atoms with E-state index in [9.17, 15) is 18.0 Å². The highest BCUT2D eigenvalue weighted by Crippen LogP contribution is 2.20. The molecule has 35 heavy (non-hydrogen) atoms. The molecule has 1 N–H and O–H groups in total. The summed E-state index contributed by atoms with van der Waals surface area (Å²) in [6, 6.07) is 17.5. The van der Waals surface area contributed by atoms with Crippen molar-refractivity contribution >= 4 is 21.8 Å². The van der Waals surface area contributed by atoms with Crippen LogP contribution in [0, 0.1) is 0 Å². The van der Waals surface area contributed by atoms with E-state index in [1.807, 2.05) is 37.3 Å². The molecule has 0 spiro atoms. The largest absolute Gasteiger partial charge is 0.352 e. The first kappa shape index (κ1) is 26.9. The van der Waals surface area contributed by atoms with E-state index in [0.717, 1.165) is 31.2 Å². The Bertz CT molecular complexity index is 1050. The van der Waals surface area contributed by atoms with E-state index >= 15 is 0 Å². The molecule has 0 unspecified atom stereocenters. The fourth-order valence-electron chi connectivity index (χ4n) is 4.56. The molecule has 0 bridgehead atoms. The Hall–Kier alpha value is -2.71. The molecule has 1 aliphatic rings. The number of nitrogens with zero attached hydrogens (tertiary/aromatic N) is 2. The third kappa shape index (κ3) is 7.39. The predicted octanol–water partition coefficient (Wildman–Crippen LogP) is 3.95. The monoisotopic (exact) mass is 499 g/mol. The quantitative estimate of drug-likeness (QED) is 0.479. The molecule has 0 radical (unpaired) electrons. The van der Waals surface area contributed by atoms with Gasteiger partial charge in [0.1, 0.15) is 6.04 Å². The van der Waals surface area contributed by atoms with Crippen molar-refractivity contribution in [2.75, 3.05) is 13.6 Å². The smallest absolute Gasteiger partial charge is 0.243 e. The fourth-order valence-corrected chi connectivity index (χ4v) is 5.79. The zero-order valence-electron chi connectivity index (χ0n) is 20.7. The van der Waals surface area contributed by atoms with Crippen LogP contribution in [0.1, 0.15) is 57.4 Å². The highest BCUT2D eigenvalue weighted by atomic mass is 32.2. The molecule has 1 aliphatic carbocycles. The number of hydrogen-bond acceptors (Lipinski definition) is 4. The minimum Gasteiger partial charge on any atom is -0.352 e. The van der Waals surface area contributed by atoms with Gasteiger partial charge in [0.05, 0.1) is 4.90 Å². The zero-order valence-corrected chi connectivity index (χ0v) is 21.5. The van der Waals surface area contributed by atoms with E-state index in [1.165, 1.54) is 11.4 Å². The first-order chi connectivity index (χ1) is 16.8. The molecule has 1 atom stereocenters. The van der Waals surface area contributed by atoms with Gasteiger partial charge in [-0.15, -0.1) is 0 Å². The van der Waals surface area contributed by atoms with Gasteiger partial charge in [0.2, 0.25) is 21.8 Å². The van der Waals surface area contributed by atoms with Crippen molar-refractivity contribution in [3.05, 3.63) is 66.2 Å². The Morgan fingerprint density at radius 2 is 1.60 bits per heavy atom. The molecular weight excluding hydrogens is 462 g/mol. The molecule has 0 heterocycles. The van der Waals surface area contributed by atoms with Crippen LogP contribution in [-0.4, -0.2) is 55.1 Å². The van der Waals surface area contributed by atoms with E-state index in [1.54, 1.807) is 35.2 Å². The zero-order chi connectivity index (χ0) is 25.3. The van der Waals surface area contributed by atoms with Crippen LogP contribution in [0.3, 0.4) is 0 Å². The van der Waals surface area contributed by atoms with Crippen molar-refractivity contribution in [3.63, 3.8) is 0 Å². The molecule has 2 aromatic rings. The van der Waals surface area contributed by atoms with E-state index in [0.29, 0.717) is 19.4 Å². The third-order valence-electron chi connectivity index (χ3n) is 6.60. The van der Waals surface area contributed by atoms with Gasteiger partial charge in [-0.3, -0.25) is 9.59 Å². The minimum absolute atomic E-state index is 0.104. The summed E-state index contributed by atoms with van der Waals surface area (Å²) in [5.41, 5.74) is 0.955. The summed E-state index contributed by atoms with van der Waals surface area (Å²) in [7, 11) is -2.08. The predicted molar refractivity (Wildman–Crippen MR) is 137 cm³/mol. The number of hydrogen-bond donors (Lipinski definition) is 1. The van der Waals surface area contributed by atoms with Crippen molar-refractivity contribution in [2.24, 2.45) is 0 Å². The van der Waals surface area contributed by atoms with Crippen LogP contribution < -0.4 is 5.32 Å². The lowest BCUT2D eigenvalue weighted by Gasteiger charge is -2.31. The Balaban J connectivity index is 1.66. The standard InChI is InChI=1S/C27H37N3O4S/c1-3-25(27(32)28-23-15-10-11-16-23)30(21-22-13-6-4-7-14-22)26(31)19-12-20-29(2)35(33,34)24-17-8-5-9-18-24/h4-9,13-14,17-18,23,25H,3,10-12,15-16,19-21H2,1-2H3,(H,28,32)/t25-/m1/s1. The SMILES string of the molecule is CC[C@H](C(=O)NC1CCCC1)N(Cc1ccccc1)C(=O)CCCN(C)S(=O)(=O)c1ccccc1. The van der Waals surface area contributed by atoms with Crippen LogP contribution in [0.2, 0.25) is 0 Å². The number of amides is 2. The number of carbonyl (C=O) groups excluding carboxylic acids is 2. The van der Waals surface area contributed by atoms with Crippen LogP contribution in [0.25, 0.3) is 0 Å². The van der Waals surface area contributed by atoms with Gasteiger partial charge in [0.15, 0.2) is 0 Å². The first-order valence-corrected chi connectivity index (χ1v) is 13.9. The van der Waals surface area contributed by atoms with Crippen molar-refractivity contribution in [3.8, 4) is 0 Å². The van der Waals surface area contributed by atoms with Crippen molar-refractivity contribution in [1.29, 1.82) is 0 Å². The average molecular weight is 500 g/mol. The van der Waals surface area contributed by atoms with E-state index < -0.39 is 16.1 Å². The molecule has 3 rings (SSSR count). The molecular formula is C27H37N3O4S. The number of rotatable bonds is 12. The van der Waals surface area contributed by atoms with Gasteiger partial charge in [-0.2, -0.15) is 0 Å². The second-order valence-electron chi connectivity index (χ2n) is 9.16. The molecule has 2 aromatic carbocycles. The Labute approximate surface area is 209 Å². The molecule has 0 aliphatic heterocycles. The summed E-state index contributed by atoms with van der Waals surface area (Å²) >= 11 is 0. The maximum atomic E-state index is 13.4. The van der Waals surface area contributed by atoms with Crippen LogP contribution in [0.15, 0.2) is 65.6 Å². The van der Waals surface area contributed by atoms with Gasteiger partial charge in [-0.25, -0.2) is 12.7 Å². The van der Waals surface area contributed by atoms with Gasteiger partial charge >= 0.3 is 0 Å². The van der Waals surface area contributed by atoms with Crippen LogP contribution >= 0.6 is 0 Å². The highest BCUT2D eigenvalue weighted by Gasteiger charge is 2.30. The van der Waals surface area contributed by atoms with Crippen molar-refractivity contribution in [2.45, 2.75) is 75.4 Å². The summed E-state index contributed by atoms with van der Waals surface area (Å²) in [6.45, 7) is 2.48. The molecule has 190 valence electrons. The maximum Gasteiger partial charge on any atom is 0.243 e. The maximum absolute atomic E-state index is 13.4. The fraction of sp³-hybridized carbons (Fsp3) is 0.481. The average Bonchev–Trinajstić information content (AvgIpc) is 3.38. The molecule has 1 saturated carbocycles. The first-order valence-electron chi connectivity index (χ1n) is 12.5. The lowest BCUT2D eigenvalue weighted by Crippen LogP contribution is -2.51. The third-order valence-corrected chi connectivity index (χ3v) is 8.47. The van der Waals surface area contributed by atoms with Crippen molar-refractivity contribution in [1.82, 2.24) is 14.5 Å². The van der Waals surface area contributed by atoms with E-state index in [-0.39, 0.29) is 35.7 Å². The summed E-state index contributed by atoms with van der Waals surface area (Å²) in [5, 5.41) is 3.14. The summed E-state index contributed by atoms with van der Waals surface area (Å²) in [4.78, 5) is 28.4. The summed E-state index contributed by atoms with van der Waals surface area (Å²) in [5.74, 6) is -0.250. The van der Waals surface area contributed by atoms with Crippen molar-refractivity contribution < 1.29 is 18.0 Å². The van der Waals surface area contributed by atoms with Gasteiger partial charge in [-0.05, 0) is 43.4 Å². The summed E-state index contributed by atoms with van der Waals surface area (Å²) < 4.78 is 26.8. The molecule has 0 aromatic heterocycles. The topological polar surface area (TPSA) is 86.8 Å². The normalized spacial score (nSPS) is 15.2. The van der Waals surface area contributed by atoms with Crippen LogP contribution in [0.5, 0.6) is 0 Å². The minimum atomic E-state index is -3.61. The van der Waals surface area contributed by atoms with E-state index in [4.69, 9.17) is 0 Å². The molecule has 0 saturated heterocycles. The molecule has 1 fully saturated rings. The van der Waals surface area contributed by atoms with Gasteiger partial charge in [0, 0.05) is 32.6 Å². The second-order valence-corrected chi connectivity index (χ2v) is 11.2. The number of sulfonamides is 1. The van der Waals surface area contributed by atoms with E-state index in [2.05, 4.69) is 5.32 Å². The van der Waals surface area contributed by atoms with Crippen LogP contribution in [-0.2, 0) is 26.2 Å². The molecule has 8 heteroatoms. The van der Waals surface area contributed by atoms with Gasteiger partial charge in [0.25, 0.3) is 0 Å².